The molecule has 0 bridgehead atoms. The number of nitrogens with two attached hydrogens (primary N) is 2. The summed E-state index contributed by atoms with van der Waals surface area (Å²) in [6.07, 6.45) is 0. The van der Waals surface area contributed by atoms with Crippen LogP contribution in [-0.2, 0) is 0 Å². The van der Waals surface area contributed by atoms with Gasteiger partial charge in [0.05, 0.1) is 19.9 Å². The molecule has 0 atom stereocenters. The van der Waals surface area contributed by atoms with Gasteiger partial charge >= 0.3 is 0 Å². The van der Waals surface area contributed by atoms with Crippen LogP contribution in [0.1, 0.15) is 10.4 Å². The number of ether oxygens (including phenoxy) is 3. The highest BCUT2D eigenvalue weighted by Gasteiger charge is 2.12. The van der Waals surface area contributed by atoms with E-state index in [9.17, 15) is 4.79 Å². The second-order valence-electron chi connectivity index (χ2n) is 4.08. The van der Waals surface area contributed by atoms with Crippen molar-refractivity contribution in [3.05, 3.63) is 35.9 Å². The second kappa shape index (κ2) is 6.00. The molecule has 1 aromatic heterocycles. The average molecular weight is 289 g/mol. The van der Waals surface area contributed by atoms with Gasteiger partial charge in [-0.25, -0.2) is 0 Å². The molecule has 110 valence electrons. The number of nitrogen functional groups attached to an aromatic ring is 1. The summed E-state index contributed by atoms with van der Waals surface area (Å²) < 4.78 is 15.8. The lowest BCUT2D eigenvalue weighted by Gasteiger charge is -2.12. The molecule has 0 spiro atoms. The fourth-order valence-electron chi connectivity index (χ4n) is 1.64. The Labute approximate surface area is 121 Å². The van der Waals surface area contributed by atoms with Crippen LogP contribution in [0, 0.1) is 0 Å². The number of carbonyl (C=O) groups is 1. The topological polar surface area (TPSA) is 110 Å². The first kappa shape index (κ1) is 14.4. The first-order valence-electron chi connectivity index (χ1n) is 6.01. The van der Waals surface area contributed by atoms with Gasteiger partial charge in [0.2, 0.25) is 17.7 Å². The standard InChI is InChI=1S/C14H15N3O4/c1-19-11-7-8(13(16)18)3-5-10(11)21-14-9(15)4-6-12(17-14)20-2/h3-7H,15H2,1-2H3,(H2,16,18). The molecule has 0 radical (unpaired) electrons. The highest BCUT2D eigenvalue weighted by Crippen LogP contribution is 2.34. The van der Waals surface area contributed by atoms with E-state index < -0.39 is 5.91 Å². The first-order valence-corrected chi connectivity index (χ1v) is 6.01. The van der Waals surface area contributed by atoms with E-state index >= 15 is 0 Å². The molecule has 4 N–H and O–H groups in total. The predicted octanol–water partition coefficient (Wildman–Crippen LogP) is 1.57. The monoisotopic (exact) mass is 289 g/mol. The van der Waals surface area contributed by atoms with Crippen molar-refractivity contribution in [3.8, 4) is 23.3 Å². The predicted molar refractivity (Wildman–Crippen MR) is 76.8 cm³/mol. The number of rotatable bonds is 5. The number of pyridine rings is 1. The van der Waals surface area contributed by atoms with Crippen molar-refractivity contribution in [1.82, 2.24) is 4.98 Å². The van der Waals surface area contributed by atoms with E-state index in [1.807, 2.05) is 0 Å². The lowest BCUT2D eigenvalue weighted by Crippen LogP contribution is -2.11. The Balaban J connectivity index is 2.37. The molecule has 0 aliphatic heterocycles. The van der Waals surface area contributed by atoms with Crippen LogP contribution in [0.15, 0.2) is 30.3 Å². The van der Waals surface area contributed by atoms with Gasteiger partial charge in [-0.3, -0.25) is 4.79 Å². The number of hydrogen-bond acceptors (Lipinski definition) is 6. The third kappa shape index (κ3) is 3.14. The molecule has 1 heterocycles. The summed E-state index contributed by atoms with van der Waals surface area (Å²) in [5.74, 6) is 0.690. The Bertz CT molecular complexity index is 673. The quantitative estimate of drug-likeness (QED) is 0.864. The largest absolute Gasteiger partial charge is 0.493 e. The van der Waals surface area contributed by atoms with Gasteiger partial charge in [0, 0.05) is 11.6 Å². The van der Waals surface area contributed by atoms with Gasteiger partial charge in [-0.1, -0.05) is 0 Å². The summed E-state index contributed by atoms with van der Waals surface area (Å²) in [6, 6.07) is 7.80. The number of carbonyl (C=O) groups excluding carboxylic acids is 1. The summed E-state index contributed by atoms with van der Waals surface area (Å²) in [4.78, 5) is 15.3. The van der Waals surface area contributed by atoms with Gasteiger partial charge in [0.15, 0.2) is 11.5 Å². The summed E-state index contributed by atoms with van der Waals surface area (Å²) in [5.41, 5.74) is 11.7. The molecule has 7 nitrogen and oxygen atoms in total. The highest BCUT2D eigenvalue weighted by atomic mass is 16.5. The van der Waals surface area contributed by atoms with Crippen molar-refractivity contribution in [2.24, 2.45) is 5.73 Å². The SMILES string of the molecule is COc1ccc(N)c(Oc2ccc(C(N)=O)cc2OC)n1. The number of amides is 1. The minimum Gasteiger partial charge on any atom is -0.493 e. The third-order valence-corrected chi connectivity index (χ3v) is 2.73. The molecule has 2 rings (SSSR count). The van der Waals surface area contributed by atoms with Crippen LogP contribution in [0.5, 0.6) is 23.3 Å². The fourth-order valence-corrected chi connectivity index (χ4v) is 1.64. The second-order valence-corrected chi connectivity index (χ2v) is 4.08. The van der Waals surface area contributed by atoms with E-state index in [4.69, 9.17) is 25.7 Å². The van der Waals surface area contributed by atoms with Gasteiger partial charge in [0.25, 0.3) is 0 Å². The van der Waals surface area contributed by atoms with Gasteiger partial charge in [-0.2, -0.15) is 4.98 Å². The van der Waals surface area contributed by atoms with E-state index in [-0.39, 0.29) is 5.88 Å². The lowest BCUT2D eigenvalue weighted by atomic mass is 10.2. The molecule has 7 heteroatoms. The molecule has 0 saturated carbocycles. The number of hydrogen-bond donors (Lipinski definition) is 2. The van der Waals surface area contributed by atoms with Gasteiger partial charge < -0.3 is 25.7 Å². The Kier molecular flexibility index (Phi) is 4.13. The maximum Gasteiger partial charge on any atom is 0.248 e. The maximum absolute atomic E-state index is 11.2. The summed E-state index contributed by atoms with van der Waals surface area (Å²) in [5, 5.41) is 0. The number of aromatic nitrogens is 1. The molecule has 0 unspecified atom stereocenters. The number of primary amides is 1. The normalized spacial score (nSPS) is 10.0. The van der Waals surface area contributed by atoms with Crippen LogP contribution < -0.4 is 25.7 Å². The van der Waals surface area contributed by atoms with Crippen LogP contribution in [0.4, 0.5) is 5.69 Å². The molecule has 0 fully saturated rings. The van der Waals surface area contributed by atoms with Crippen LogP contribution in [0.25, 0.3) is 0 Å². The van der Waals surface area contributed by atoms with Crippen molar-refractivity contribution in [3.63, 3.8) is 0 Å². The molecule has 0 saturated heterocycles. The van der Waals surface area contributed by atoms with Gasteiger partial charge in [-0.05, 0) is 24.3 Å². The Hall–Kier alpha value is -2.96. The molecule has 2 aromatic rings. The number of nitrogens with zero attached hydrogens (tertiary/aromatic N) is 1. The number of methoxy groups -OCH3 is 2. The van der Waals surface area contributed by atoms with E-state index in [0.717, 1.165) is 0 Å². The minimum absolute atomic E-state index is 0.180. The van der Waals surface area contributed by atoms with Crippen molar-refractivity contribution in [2.75, 3.05) is 20.0 Å². The van der Waals surface area contributed by atoms with E-state index in [1.165, 1.54) is 26.4 Å². The minimum atomic E-state index is -0.557. The van der Waals surface area contributed by atoms with Crippen molar-refractivity contribution >= 4 is 11.6 Å². The van der Waals surface area contributed by atoms with Crippen LogP contribution in [0.2, 0.25) is 0 Å². The van der Waals surface area contributed by atoms with Gasteiger partial charge in [0.1, 0.15) is 0 Å². The zero-order valence-corrected chi connectivity index (χ0v) is 11.6. The summed E-state index contributed by atoms with van der Waals surface area (Å²) in [6.45, 7) is 0. The first-order chi connectivity index (χ1) is 10.0. The fraction of sp³-hybridized carbons (Fsp3) is 0.143. The molecule has 1 amide bonds. The highest BCUT2D eigenvalue weighted by molar-refractivity contribution is 5.93. The average Bonchev–Trinajstić information content (AvgIpc) is 2.49. The van der Waals surface area contributed by atoms with Crippen LogP contribution >= 0.6 is 0 Å². The molecular weight excluding hydrogens is 274 g/mol. The van der Waals surface area contributed by atoms with E-state index in [1.54, 1.807) is 18.2 Å². The van der Waals surface area contributed by atoms with E-state index in [0.29, 0.717) is 28.6 Å². The Morgan fingerprint density at radius 2 is 1.86 bits per heavy atom. The number of anilines is 1. The molecule has 1 aromatic carbocycles. The zero-order valence-electron chi connectivity index (χ0n) is 11.6. The molecular formula is C14H15N3O4. The Morgan fingerprint density at radius 3 is 2.48 bits per heavy atom. The van der Waals surface area contributed by atoms with E-state index in [2.05, 4.69) is 4.98 Å². The van der Waals surface area contributed by atoms with Crippen LogP contribution in [0.3, 0.4) is 0 Å². The van der Waals surface area contributed by atoms with Crippen molar-refractivity contribution in [1.29, 1.82) is 0 Å². The van der Waals surface area contributed by atoms with Crippen molar-refractivity contribution in [2.45, 2.75) is 0 Å². The smallest absolute Gasteiger partial charge is 0.248 e. The third-order valence-electron chi connectivity index (χ3n) is 2.73. The summed E-state index contributed by atoms with van der Waals surface area (Å²) >= 11 is 0. The maximum atomic E-state index is 11.2. The Morgan fingerprint density at radius 1 is 1.10 bits per heavy atom. The van der Waals surface area contributed by atoms with Crippen molar-refractivity contribution < 1.29 is 19.0 Å². The van der Waals surface area contributed by atoms with Gasteiger partial charge in [-0.15, -0.1) is 0 Å². The number of benzene rings is 1. The summed E-state index contributed by atoms with van der Waals surface area (Å²) in [7, 11) is 2.94. The molecule has 0 aliphatic rings. The zero-order chi connectivity index (χ0) is 15.4. The molecule has 0 aliphatic carbocycles. The van der Waals surface area contributed by atoms with Crippen LogP contribution in [-0.4, -0.2) is 25.1 Å². The lowest BCUT2D eigenvalue weighted by molar-refractivity contribution is 0.1000. The molecule has 21 heavy (non-hydrogen) atoms.